The van der Waals surface area contributed by atoms with E-state index >= 15 is 0 Å². The van der Waals surface area contributed by atoms with Crippen LogP contribution in [0, 0.1) is 12.8 Å². The molecule has 1 atom stereocenters. The van der Waals surface area contributed by atoms with E-state index in [9.17, 15) is 0 Å². The molecule has 0 aromatic carbocycles. The van der Waals surface area contributed by atoms with Crippen molar-refractivity contribution in [2.45, 2.75) is 26.7 Å². The zero-order valence-electron chi connectivity index (χ0n) is 11.3. The molecule has 0 saturated heterocycles. The van der Waals surface area contributed by atoms with Crippen LogP contribution in [0.1, 0.15) is 24.6 Å². The monoisotopic (exact) mass is 280 g/mol. The van der Waals surface area contributed by atoms with E-state index in [1.165, 1.54) is 4.88 Å². The lowest BCUT2D eigenvalue weighted by molar-refractivity contribution is 0.258. The molecular weight excluding hydrogens is 260 g/mol. The first-order valence-electron chi connectivity index (χ1n) is 6.52. The van der Waals surface area contributed by atoms with Gasteiger partial charge in [0.05, 0.1) is 5.39 Å². The Bertz CT molecular complexity index is 555. The number of hydrogen-bond donors (Lipinski definition) is 3. The number of hydrogen-bond acceptors (Lipinski definition) is 6. The third-order valence-electron chi connectivity index (χ3n) is 3.21. The summed E-state index contributed by atoms with van der Waals surface area (Å²) in [5.74, 6) is 1.53. The SMILES string of the molecule is CCC(CCO)CNc1nc(N)nc2sc(C)cc12. The van der Waals surface area contributed by atoms with Gasteiger partial charge in [0, 0.05) is 18.0 Å². The normalized spacial score (nSPS) is 12.8. The molecule has 2 rings (SSSR count). The van der Waals surface area contributed by atoms with Crippen molar-refractivity contribution >= 4 is 33.3 Å². The van der Waals surface area contributed by atoms with Crippen LogP contribution in [0.2, 0.25) is 0 Å². The van der Waals surface area contributed by atoms with E-state index in [-0.39, 0.29) is 6.61 Å². The first-order chi connectivity index (χ1) is 9.13. The van der Waals surface area contributed by atoms with Gasteiger partial charge < -0.3 is 16.2 Å². The summed E-state index contributed by atoms with van der Waals surface area (Å²) in [6.45, 7) is 5.18. The minimum atomic E-state index is 0.221. The Morgan fingerprint density at radius 1 is 1.47 bits per heavy atom. The average Bonchev–Trinajstić information content (AvgIpc) is 2.74. The molecule has 104 valence electrons. The van der Waals surface area contributed by atoms with Gasteiger partial charge in [-0.3, -0.25) is 0 Å². The van der Waals surface area contributed by atoms with Crippen LogP contribution in [-0.4, -0.2) is 28.2 Å². The molecule has 2 heterocycles. The zero-order valence-corrected chi connectivity index (χ0v) is 12.1. The number of rotatable bonds is 6. The standard InChI is InChI=1S/C13H20N4OS/c1-3-9(4-5-18)7-15-11-10-6-8(2)19-12(10)17-13(14)16-11/h6,9,18H,3-5,7H2,1-2H3,(H3,14,15,16,17). The van der Waals surface area contributed by atoms with Gasteiger partial charge in [-0.05, 0) is 25.3 Å². The maximum Gasteiger partial charge on any atom is 0.223 e. The summed E-state index contributed by atoms with van der Waals surface area (Å²) in [7, 11) is 0. The molecule has 19 heavy (non-hydrogen) atoms. The number of aliphatic hydroxyl groups excluding tert-OH is 1. The molecule has 0 spiro atoms. The van der Waals surface area contributed by atoms with Gasteiger partial charge in [-0.25, -0.2) is 4.98 Å². The summed E-state index contributed by atoms with van der Waals surface area (Å²) in [6.07, 6.45) is 1.83. The molecule has 0 aliphatic carbocycles. The van der Waals surface area contributed by atoms with Crippen molar-refractivity contribution in [2.75, 3.05) is 24.2 Å². The number of aromatic nitrogens is 2. The van der Waals surface area contributed by atoms with Crippen molar-refractivity contribution in [3.8, 4) is 0 Å². The summed E-state index contributed by atoms with van der Waals surface area (Å²) >= 11 is 1.62. The molecule has 0 fully saturated rings. The van der Waals surface area contributed by atoms with E-state index < -0.39 is 0 Å². The third-order valence-corrected chi connectivity index (χ3v) is 4.15. The summed E-state index contributed by atoms with van der Waals surface area (Å²) in [5.41, 5.74) is 5.74. The molecule has 2 aromatic rings. The Hall–Kier alpha value is -1.40. The first kappa shape index (κ1) is 14.0. The lowest BCUT2D eigenvalue weighted by Crippen LogP contribution is -2.16. The summed E-state index contributed by atoms with van der Waals surface area (Å²) in [6, 6.07) is 2.08. The largest absolute Gasteiger partial charge is 0.396 e. The summed E-state index contributed by atoms with van der Waals surface area (Å²) in [5, 5.41) is 13.4. The van der Waals surface area contributed by atoms with E-state index in [1.54, 1.807) is 11.3 Å². The molecule has 0 amide bonds. The highest BCUT2D eigenvalue weighted by Gasteiger charge is 2.11. The van der Waals surface area contributed by atoms with E-state index in [2.05, 4.69) is 28.3 Å². The highest BCUT2D eigenvalue weighted by atomic mass is 32.1. The number of aliphatic hydroxyl groups is 1. The minimum absolute atomic E-state index is 0.221. The van der Waals surface area contributed by atoms with Gasteiger partial charge in [-0.15, -0.1) is 11.3 Å². The Morgan fingerprint density at radius 2 is 2.26 bits per heavy atom. The molecule has 0 aliphatic heterocycles. The van der Waals surface area contributed by atoms with Gasteiger partial charge >= 0.3 is 0 Å². The second-order valence-electron chi connectivity index (χ2n) is 4.67. The van der Waals surface area contributed by atoms with Gasteiger partial charge in [0.25, 0.3) is 0 Å². The maximum atomic E-state index is 9.01. The van der Waals surface area contributed by atoms with Crippen LogP contribution >= 0.6 is 11.3 Å². The fourth-order valence-corrected chi connectivity index (χ4v) is 2.95. The number of nitrogens with one attached hydrogen (secondary N) is 1. The van der Waals surface area contributed by atoms with Gasteiger partial charge in [-0.2, -0.15) is 4.98 Å². The molecule has 0 bridgehead atoms. The molecule has 1 unspecified atom stereocenters. The number of thiophene rings is 1. The van der Waals surface area contributed by atoms with Gasteiger partial charge in [0.15, 0.2) is 0 Å². The summed E-state index contributed by atoms with van der Waals surface area (Å²) < 4.78 is 0. The minimum Gasteiger partial charge on any atom is -0.396 e. The van der Waals surface area contributed by atoms with Crippen molar-refractivity contribution in [1.29, 1.82) is 0 Å². The maximum absolute atomic E-state index is 9.01. The fourth-order valence-electron chi connectivity index (χ4n) is 2.07. The van der Waals surface area contributed by atoms with Crippen molar-refractivity contribution < 1.29 is 5.11 Å². The predicted molar refractivity (Wildman–Crippen MR) is 80.5 cm³/mol. The number of fused-ring (bicyclic) bond motifs is 1. The Kier molecular flexibility index (Phi) is 4.55. The van der Waals surface area contributed by atoms with Crippen molar-refractivity contribution in [3.63, 3.8) is 0 Å². The lowest BCUT2D eigenvalue weighted by Gasteiger charge is -2.15. The fraction of sp³-hybridized carbons (Fsp3) is 0.538. The highest BCUT2D eigenvalue weighted by Crippen LogP contribution is 2.29. The van der Waals surface area contributed by atoms with Crippen LogP contribution in [0.5, 0.6) is 0 Å². The van der Waals surface area contributed by atoms with E-state index in [0.29, 0.717) is 11.9 Å². The van der Waals surface area contributed by atoms with Gasteiger partial charge in [0.1, 0.15) is 10.6 Å². The number of anilines is 2. The number of aryl methyl sites for hydroxylation is 1. The van der Waals surface area contributed by atoms with Crippen LogP contribution in [0.25, 0.3) is 10.2 Å². The number of nitrogens with zero attached hydrogens (tertiary/aromatic N) is 2. The van der Waals surface area contributed by atoms with Crippen LogP contribution in [0.3, 0.4) is 0 Å². The molecule has 0 saturated carbocycles. The molecule has 5 nitrogen and oxygen atoms in total. The van der Waals surface area contributed by atoms with Crippen molar-refractivity contribution in [1.82, 2.24) is 9.97 Å². The van der Waals surface area contributed by atoms with Crippen LogP contribution in [-0.2, 0) is 0 Å². The zero-order chi connectivity index (χ0) is 13.8. The Labute approximate surface area is 116 Å². The summed E-state index contributed by atoms with van der Waals surface area (Å²) in [4.78, 5) is 10.6. The van der Waals surface area contributed by atoms with Crippen LogP contribution in [0.4, 0.5) is 11.8 Å². The second kappa shape index (κ2) is 6.16. The molecule has 6 heteroatoms. The molecule has 4 N–H and O–H groups in total. The van der Waals surface area contributed by atoms with Crippen LogP contribution in [0.15, 0.2) is 6.07 Å². The molecule has 0 aliphatic rings. The lowest BCUT2D eigenvalue weighted by atomic mass is 10.0. The average molecular weight is 280 g/mol. The molecular formula is C13H20N4OS. The first-order valence-corrected chi connectivity index (χ1v) is 7.34. The topological polar surface area (TPSA) is 84.1 Å². The predicted octanol–water partition coefficient (Wildman–Crippen LogP) is 2.40. The third kappa shape index (κ3) is 3.33. The quantitative estimate of drug-likeness (QED) is 0.756. The highest BCUT2D eigenvalue weighted by molar-refractivity contribution is 7.18. The smallest absolute Gasteiger partial charge is 0.223 e. The number of nitrogen functional groups attached to an aromatic ring is 1. The van der Waals surface area contributed by atoms with Crippen LogP contribution < -0.4 is 11.1 Å². The Balaban J connectivity index is 2.19. The van der Waals surface area contributed by atoms with Gasteiger partial charge in [-0.1, -0.05) is 13.3 Å². The molecule has 0 radical (unpaired) electrons. The van der Waals surface area contributed by atoms with Crippen molar-refractivity contribution in [3.05, 3.63) is 10.9 Å². The van der Waals surface area contributed by atoms with Gasteiger partial charge in [0.2, 0.25) is 5.95 Å². The van der Waals surface area contributed by atoms with Crippen molar-refractivity contribution in [2.24, 2.45) is 5.92 Å². The van der Waals surface area contributed by atoms with E-state index in [4.69, 9.17) is 10.8 Å². The number of nitrogens with two attached hydrogens (primary N) is 1. The van der Waals surface area contributed by atoms with E-state index in [1.807, 2.05) is 6.92 Å². The molecule has 2 aromatic heterocycles. The Morgan fingerprint density at radius 3 is 2.95 bits per heavy atom. The second-order valence-corrected chi connectivity index (χ2v) is 5.91. The van der Waals surface area contributed by atoms with E-state index in [0.717, 1.165) is 35.4 Å².